The molecule has 136 valence electrons. The average molecular weight is 362 g/mol. The first kappa shape index (κ1) is 17.0. The number of amides is 1. The summed E-state index contributed by atoms with van der Waals surface area (Å²) in [7, 11) is 0. The van der Waals surface area contributed by atoms with Crippen LogP contribution in [0.25, 0.3) is 10.9 Å². The van der Waals surface area contributed by atoms with E-state index in [-0.39, 0.29) is 11.6 Å². The molecule has 0 saturated heterocycles. The third kappa shape index (κ3) is 3.19. The highest BCUT2D eigenvalue weighted by Crippen LogP contribution is 2.32. The van der Waals surface area contributed by atoms with Crippen LogP contribution >= 0.6 is 0 Å². The number of rotatable bonds is 3. The molecule has 0 radical (unpaired) electrons. The maximum Gasteiger partial charge on any atom is 0.269 e. The predicted octanol–water partition coefficient (Wildman–Crippen LogP) is 3.86. The second-order valence-electron chi connectivity index (χ2n) is 6.65. The average Bonchev–Trinajstić information content (AvgIpc) is 2.69. The molecule has 0 aliphatic heterocycles. The van der Waals surface area contributed by atoms with Crippen molar-refractivity contribution in [2.75, 3.05) is 11.1 Å². The smallest absolute Gasteiger partial charge is 0.269 e. The molecular formula is C20H18N4O3. The van der Waals surface area contributed by atoms with Gasteiger partial charge in [-0.25, -0.2) is 0 Å². The largest absolute Gasteiger partial charge is 0.398 e. The second-order valence-corrected chi connectivity index (χ2v) is 6.65. The summed E-state index contributed by atoms with van der Waals surface area (Å²) in [6.45, 7) is 0. The Bertz CT molecular complexity index is 1060. The van der Waals surface area contributed by atoms with Crippen molar-refractivity contribution in [3.63, 3.8) is 0 Å². The SMILES string of the molecule is Nc1c2c(nc3ccc(NC(=O)c4ccc([N+](=O)[O-])cc4)cc13)CCCC2. The van der Waals surface area contributed by atoms with Gasteiger partial charge in [-0.2, -0.15) is 0 Å². The van der Waals surface area contributed by atoms with Crippen LogP contribution in [0.4, 0.5) is 17.1 Å². The van der Waals surface area contributed by atoms with Crippen molar-refractivity contribution in [1.82, 2.24) is 4.98 Å². The van der Waals surface area contributed by atoms with Crippen LogP contribution in [-0.2, 0) is 12.8 Å². The van der Waals surface area contributed by atoms with Crippen molar-refractivity contribution < 1.29 is 9.72 Å². The Hall–Kier alpha value is -3.48. The number of hydrogen-bond donors (Lipinski definition) is 2. The molecule has 1 aliphatic rings. The van der Waals surface area contributed by atoms with Crippen molar-refractivity contribution in [1.29, 1.82) is 0 Å². The molecule has 27 heavy (non-hydrogen) atoms. The number of non-ortho nitro benzene ring substituents is 1. The van der Waals surface area contributed by atoms with Crippen molar-refractivity contribution in [2.24, 2.45) is 0 Å². The molecule has 3 aromatic rings. The molecule has 2 aromatic carbocycles. The van der Waals surface area contributed by atoms with Gasteiger partial charge in [0, 0.05) is 40.2 Å². The molecular weight excluding hydrogens is 344 g/mol. The fourth-order valence-corrected chi connectivity index (χ4v) is 3.48. The lowest BCUT2D eigenvalue weighted by Crippen LogP contribution is -2.12. The summed E-state index contributed by atoms with van der Waals surface area (Å²) < 4.78 is 0. The summed E-state index contributed by atoms with van der Waals surface area (Å²) in [5.41, 5.74) is 11.0. The third-order valence-electron chi connectivity index (χ3n) is 4.90. The number of nitrogens with one attached hydrogen (secondary N) is 1. The van der Waals surface area contributed by atoms with Gasteiger partial charge in [0.05, 0.1) is 10.4 Å². The molecule has 3 N–H and O–H groups in total. The first-order chi connectivity index (χ1) is 13.0. The number of nitrogen functional groups attached to an aromatic ring is 1. The Labute approximate surface area is 155 Å². The minimum absolute atomic E-state index is 0.0547. The van der Waals surface area contributed by atoms with E-state index in [1.807, 2.05) is 12.1 Å². The lowest BCUT2D eigenvalue weighted by atomic mass is 9.93. The van der Waals surface area contributed by atoms with Gasteiger partial charge in [0.1, 0.15) is 0 Å². The van der Waals surface area contributed by atoms with Crippen molar-refractivity contribution in [2.45, 2.75) is 25.7 Å². The van der Waals surface area contributed by atoms with Gasteiger partial charge < -0.3 is 11.1 Å². The second kappa shape index (κ2) is 6.68. The topological polar surface area (TPSA) is 111 Å². The summed E-state index contributed by atoms with van der Waals surface area (Å²) in [6, 6.07) is 10.9. The zero-order valence-electron chi connectivity index (χ0n) is 14.6. The number of fused-ring (bicyclic) bond motifs is 2. The predicted molar refractivity (Wildman–Crippen MR) is 104 cm³/mol. The van der Waals surface area contributed by atoms with Crippen LogP contribution < -0.4 is 11.1 Å². The number of carbonyl (C=O) groups excluding carboxylic acids is 1. The molecule has 1 amide bonds. The van der Waals surface area contributed by atoms with Crippen molar-refractivity contribution in [3.8, 4) is 0 Å². The molecule has 1 aromatic heterocycles. The van der Waals surface area contributed by atoms with E-state index in [0.29, 0.717) is 11.3 Å². The minimum Gasteiger partial charge on any atom is -0.398 e. The zero-order valence-corrected chi connectivity index (χ0v) is 14.6. The Balaban J connectivity index is 1.63. The molecule has 1 heterocycles. The number of benzene rings is 2. The molecule has 1 aliphatic carbocycles. The van der Waals surface area contributed by atoms with Crippen molar-refractivity contribution >= 4 is 33.9 Å². The summed E-state index contributed by atoms with van der Waals surface area (Å²) in [5.74, 6) is -0.339. The third-order valence-corrected chi connectivity index (χ3v) is 4.90. The van der Waals surface area contributed by atoms with Crippen LogP contribution in [0.3, 0.4) is 0 Å². The lowest BCUT2D eigenvalue weighted by molar-refractivity contribution is -0.384. The van der Waals surface area contributed by atoms with Crippen LogP contribution in [0.5, 0.6) is 0 Å². The monoisotopic (exact) mass is 362 g/mol. The maximum atomic E-state index is 12.4. The molecule has 0 fully saturated rings. The summed E-state index contributed by atoms with van der Waals surface area (Å²) in [4.78, 5) is 27.4. The number of pyridine rings is 1. The quantitative estimate of drug-likeness (QED) is 0.543. The van der Waals surface area contributed by atoms with Gasteiger partial charge >= 0.3 is 0 Å². The van der Waals surface area contributed by atoms with E-state index in [4.69, 9.17) is 10.7 Å². The lowest BCUT2D eigenvalue weighted by Gasteiger charge is -2.19. The summed E-state index contributed by atoms with van der Waals surface area (Å²) in [6.07, 6.45) is 4.13. The van der Waals surface area contributed by atoms with E-state index < -0.39 is 4.92 Å². The van der Waals surface area contributed by atoms with Gasteiger partial charge in [-0.05, 0) is 61.6 Å². The van der Waals surface area contributed by atoms with Gasteiger partial charge in [0.15, 0.2) is 0 Å². The molecule has 7 nitrogen and oxygen atoms in total. The fourth-order valence-electron chi connectivity index (χ4n) is 3.48. The molecule has 0 atom stereocenters. The number of aryl methyl sites for hydroxylation is 1. The molecule has 4 rings (SSSR count). The van der Waals surface area contributed by atoms with Crippen molar-refractivity contribution in [3.05, 3.63) is 69.4 Å². The number of hydrogen-bond acceptors (Lipinski definition) is 5. The van der Waals surface area contributed by atoms with Gasteiger partial charge in [-0.3, -0.25) is 19.9 Å². The molecule has 0 bridgehead atoms. The van der Waals surface area contributed by atoms with Gasteiger partial charge in [0.2, 0.25) is 0 Å². The van der Waals surface area contributed by atoms with Crippen LogP contribution in [0, 0.1) is 10.1 Å². The standard InChI is InChI=1S/C20H18N4O3/c21-19-15-3-1-2-4-17(15)23-18-10-7-13(11-16(18)19)22-20(25)12-5-8-14(9-6-12)24(26)27/h5-11H,1-4H2,(H2,21,23)(H,22,25). The number of nitro benzene ring substituents is 1. The maximum absolute atomic E-state index is 12.4. The molecule has 0 saturated carbocycles. The number of nitrogens with two attached hydrogens (primary N) is 1. The van der Waals surface area contributed by atoms with Gasteiger partial charge in [-0.1, -0.05) is 0 Å². The van der Waals surface area contributed by atoms with Gasteiger partial charge in [-0.15, -0.1) is 0 Å². The van der Waals surface area contributed by atoms with Crippen LogP contribution in [0.15, 0.2) is 42.5 Å². The molecule has 7 heteroatoms. The molecule has 0 unspecified atom stereocenters. The van der Waals surface area contributed by atoms with Crippen LogP contribution in [-0.4, -0.2) is 15.8 Å². The highest BCUT2D eigenvalue weighted by Gasteiger charge is 2.17. The zero-order chi connectivity index (χ0) is 19.0. The first-order valence-electron chi connectivity index (χ1n) is 8.80. The highest BCUT2D eigenvalue weighted by atomic mass is 16.6. The fraction of sp³-hybridized carbons (Fsp3) is 0.200. The summed E-state index contributed by atoms with van der Waals surface area (Å²) >= 11 is 0. The first-order valence-corrected chi connectivity index (χ1v) is 8.80. The van der Waals surface area contributed by atoms with E-state index >= 15 is 0 Å². The number of nitro groups is 1. The number of anilines is 2. The number of aromatic nitrogens is 1. The van der Waals surface area contributed by atoms with Crippen LogP contribution in [0.2, 0.25) is 0 Å². The summed E-state index contributed by atoms with van der Waals surface area (Å²) in [5, 5.41) is 14.4. The van der Waals surface area contributed by atoms with Gasteiger partial charge in [0.25, 0.3) is 11.6 Å². The Morgan fingerprint density at radius 2 is 1.85 bits per heavy atom. The van der Waals surface area contributed by atoms with E-state index in [1.165, 1.54) is 24.3 Å². The van der Waals surface area contributed by atoms with E-state index in [1.54, 1.807) is 6.07 Å². The van der Waals surface area contributed by atoms with E-state index in [2.05, 4.69) is 5.32 Å². The van der Waals surface area contributed by atoms with Crippen LogP contribution in [0.1, 0.15) is 34.5 Å². The molecule has 0 spiro atoms. The highest BCUT2D eigenvalue weighted by molar-refractivity contribution is 6.06. The Kier molecular flexibility index (Phi) is 4.19. The Morgan fingerprint density at radius 3 is 2.59 bits per heavy atom. The van der Waals surface area contributed by atoms with E-state index in [9.17, 15) is 14.9 Å². The normalized spacial score (nSPS) is 13.2. The number of nitrogens with zero attached hydrogens (tertiary/aromatic N) is 2. The Morgan fingerprint density at radius 1 is 1.11 bits per heavy atom. The minimum atomic E-state index is -0.499. The van der Waals surface area contributed by atoms with E-state index in [0.717, 1.165) is 53.5 Å². The number of carbonyl (C=O) groups is 1.